The number of rotatable bonds is 3. The number of para-hydroxylation sites is 1. The van der Waals surface area contributed by atoms with E-state index in [9.17, 15) is 0 Å². The van der Waals surface area contributed by atoms with Crippen LogP contribution in [0.5, 0.6) is 5.75 Å². The lowest BCUT2D eigenvalue weighted by Gasteiger charge is -2.33. The Kier molecular flexibility index (Phi) is 3.49. The molecule has 0 amide bonds. The third-order valence-corrected chi connectivity index (χ3v) is 4.19. The van der Waals surface area contributed by atoms with Crippen molar-refractivity contribution in [3.05, 3.63) is 65.7 Å². The summed E-state index contributed by atoms with van der Waals surface area (Å²) in [6.07, 6.45) is 1.98. The Balaban J connectivity index is 1.85. The van der Waals surface area contributed by atoms with Gasteiger partial charge in [0, 0.05) is 5.54 Å². The van der Waals surface area contributed by atoms with E-state index in [0.717, 1.165) is 25.2 Å². The SMILES string of the molecule is CC(N)(CC1CCOc2ccccc21)c1ccccc1. The van der Waals surface area contributed by atoms with Gasteiger partial charge in [0.1, 0.15) is 5.75 Å². The van der Waals surface area contributed by atoms with Gasteiger partial charge in [-0.15, -0.1) is 0 Å². The van der Waals surface area contributed by atoms with Crippen LogP contribution >= 0.6 is 0 Å². The largest absolute Gasteiger partial charge is 0.493 e. The summed E-state index contributed by atoms with van der Waals surface area (Å²) < 4.78 is 5.73. The Morgan fingerprint density at radius 1 is 1.10 bits per heavy atom. The molecule has 2 nitrogen and oxygen atoms in total. The number of hydrogen-bond acceptors (Lipinski definition) is 2. The monoisotopic (exact) mass is 267 g/mol. The number of fused-ring (bicyclic) bond motifs is 1. The van der Waals surface area contributed by atoms with Crippen LogP contribution < -0.4 is 10.5 Å². The van der Waals surface area contributed by atoms with Gasteiger partial charge in [0.2, 0.25) is 0 Å². The molecule has 0 saturated carbocycles. The second kappa shape index (κ2) is 5.29. The zero-order chi connectivity index (χ0) is 14.0. The summed E-state index contributed by atoms with van der Waals surface area (Å²) in [6.45, 7) is 2.91. The van der Waals surface area contributed by atoms with E-state index in [0.29, 0.717) is 5.92 Å². The molecule has 0 spiro atoms. The summed E-state index contributed by atoms with van der Waals surface area (Å²) in [6, 6.07) is 18.7. The van der Waals surface area contributed by atoms with E-state index in [1.165, 1.54) is 11.1 Å². The summed E-state index contributed by atoms with van der Waals surface area (Å²) in [5.74, 6) is 1.49. The molecule has 0 fully saturated rings. The average molecular weight is 267 g/mol. The summed E-state index contributed by atoms with van der Waals surface area (Å²) in [4.78, 5) is 0. The van der Waals surface area contributed by atoms with Crippen LogP contribution in [0.4, 0.5) is 0 Å². The third-order valence-electron chi connectivity index (χ3n) is 4.19. The molecule has 2 unspecified atom stereocenters. The van der Waals surface area contributed by atoms with Gasteiger partial charge < -0.3 is 10.5 Å². The van der Waals surface area contributed by atoms with Crippen LogP contribution in [0.2, 0.25) is 0 Å². The Morgan fingerprint density at radius 2 is 1.80 bits per heavy atom. The Bertz CT molecular complexity index is 577. The molecule has 104 valence electrons. The van der Waals surface area contributed by atoms with E-state index in [1.54, 1.807) is 0 Å². The van der Waals surface area contributed by atoms with Crippen LogP contribution in [0, 0.1) is 0 Å². The van der Waals surface area contributed by atoms with Gasteiger partial charge in [-0.25, -0.2) is 0 Å². The van der Waals surface area contributed by atoms with Crippen LogP contribution in [0.15, 0.2) is 54.6 Å². The number of ether oxygens (including phenoxy) is 1. The first-order valence-corrected chi connectivity index (χ1v) is 7.23. The first kappa shape index (κ1) is 13.2. The molecule has 2 aromatic rings. The smallest absolute Gasteiger partial charge is 0.122 e. The molecule has 1 aliphatic heterocycles. The first-order chi connectivity index (χ1) is 9.67. The van der Waals surface area contributed by atoms with Crippen molar-refractivity contribution in [3.8, 4) is 5.75 Å². The van der Waals surface area contributed by atoms with E-state index in [1.807, 2.05) is 12.1 Å². The fraction of sp³-hybridized carbons (Fsp3) is 0.333. The van der Waals surface area contributed by atoms with Crippen LogP contribution in [0.1, 0.15) is 36.8 Å². The lowest BCUT2D eigenvalue weighted by atomic mass is 9.79. The van der Waals surface area contributed by atoms with Crippen molar-refractivity contribution in [2.24, 2.45) is 5.73 Å². The van der Waals surface area contributed by atoms with Crippen LogP contribution in [0.3, 0.4) is 0 Å². The highest BCUT2D eigenvalue weighted by atomic mass is 16.5. The fourth-order valence-corrected chi connectivity index (χ4v) is 3.08. The lowest BCUT2D eigenvalue weighted by Crippen LogP contribution is -2.35. The van der Waals surface area contributed by atoms with E-state index in [4.69, 9.17) is 10.5 Å². The number of nitrogens with two attached hydrogens (primary N) is 1. The zero-order valence-electron chi connectivity index (χ0n) is 11.9. The molecule has 1 heterocycles. The van der Waals surface area contributed by atoms with E-state index in [2.05, 4.69) is 49.4 Å². The third kappa shape index (κ3) is 2.56. The van der Waals surface area contributed by atoms with Gasteiger partial charge in [0.05, 0.1) is 6.61 Å². The highest BCUT2D eigenvalue weighted by Gasteiger charge is 2.29. The van der Waals surface area contributed by atoms with Gasteiger partial charge in [-0.05, 0) is 42.9 Å². The second-order valence-corrected chi connectivity index (χ2v) is 5.86. The molecular weight excluding hydrogens is 246 g/mol. The van der Waals surface area contributed by atoms with Crippen molar-refractivity contribution in [2.45, 2.75) is 31.2 Å². The molecule has 20 heavy (non-hydrogen) atoms. The number of benzene rings is 2. The number of hydrogen-bond donors (Lipinski definition) is 1. The maximum atomic E-state index is 6.59. The molecule has 2 heteroatoms. The minimum absolute atomic E-state index is 0.309. The Labute approximate surface area is 120 Å². The second-order valence-electron chi connectivity index (χ2n) is 5.86. The molecule has 2 atom stereocenters. The quantitative estimate of drug-likeness (QED) is 0.917. The van der Waals surface area contributed by atoms with Crippen LogP contribution in [-0.2, 0) is 5.54 Å². The van der Waals surface area contributed by atoms with Crippen LogP contribution in [-0.4, -0.2) is 6.61 Å². The van der Waals surface area contributed by atoms with Crippen molar-refractivity contribution < 1.29 is 4.74 Å². The summed E-state index contributed by atoms with van der Waals surface area (Å²) in [5, 5.41) is 0. The molecule has 2 aromatic carbocycles. The topological polar surface area (TPSA) is 35.2 Å². The van der Waals surface area contributed by atoms with Crippen LogP contribution in [0.25, 0.3) is 0 Å². The maximum absolute atomic E-state index is 6.59. The Morgan fingerprint density at radius 3 is 2.60 bits per heavy atom. The standard InChI is InChI=1S/C18H21NO/c1-18(19,15-7-3-2-4-8-15)13-14-11-12-20-17-10-6-5-9-16(14)17/h2-10,14H,11-13,19H2,1H3. The van der Waals surface area contributed by atoms with Gasteiger partial charge in [-0.3, -0.25) is 0 Å². The molecule has 0 aliphatic carbocycles. The van der Waals surface area contributed by atoms with Gasteiger partial charge in [-0.1, -0.05) is 48.5 Å². The predicted molar refractivity (Wildman–Crippen MR) is 81.9 cm³/mol. The minimum Gasteiger partial charge on any atom is -0.493 e. The normalized spacial score (nSPS) is 20.6. The predicted octanol–water partition coefficient (Wildman–Crippen LogP) is 3.82. The van der Waals surface area contributed by atoms with Gasteiger partial charge in [0.15, 0.2) is 0 Å². The minimum atomic E-state index is -0.309. The van der Waals surface area contributed by atoms with Crippen molar-refractivity contribution in [1.29, 1.82) is 0 Å². The summed E-state index contributed by atoms with van der Waals surface area (Å²) >= 11 is 0. The molecule has 1 aliphatic rings. The average Bonchev–Trinajstić information content (AvgIpc) is 2.48. The molecular formula is C18H21NO. The molecule has 0 radical (unpaired) electrons. The molecule has 2 N–H and O–H groups in total. The molecule has 0 aromatic heterocycles. The van der Waals surface area contributed by atoms with Crippen molar-refractivity contribution in [2.75, 3.05) is 6.61 Å². The maximum Gasteiger partial charge on any atom is 0.122 e. The highest BCUT2D eigenvalue weighted by molar-refractivity contribution is 5.38. The van der Waals surface area contributed by atoms with E-state index >= 15 is 0 Å². The van der Waals surface area contributed by atoms with Gasteiger partial charge >= 0.3 is 0 Å². The van der Waals surface area contributed by atoms with Gasteiger partial charge in [0.25, 0.3) is 0 Å². The van der Waals surface area contributed by atoms with Crippen molar-refractivity contribution in [1.82, 2.24) is 0 Å². The van der Waals surface area contributed by atoms with Gasteiger partial charge in [-0.2, -0.15) is 0 Å². The summed E-state index contributed by atoms with van der Waals surface area (Å²) in [5.41, 5.74) is 8.77. The van der Waals surface area contributed by atoms with E-state index in [-0.39, 0.29) is 5.54 Å². The summed E-state index contributed by atoms with van der Waals surface area (Å²) in [7, 11) is 0. The molecule has 3 rings (SSSR count). The molecule has 0 saturated heterocycles. The van der Waals surface area contributed by atoms with Crippen molar-refractivity contribution >= 4 is 0 Å². The zero-order valence-corrected chi connectivity index (χ0v) is 11.9. The highest BCUT2D eigenvalue weighted by Crippen LogP contribution is 2.40. The lowest BCUT2D eigenvalue weighted by molar-refractivity contribution is 0.247. The fourth-order valence-electron chi connectivity index (χ4n) is 3.08. The Hall–Kier alpha value is -1.80. The van der Waals surface area contributed by atoms with Crippen molar-refractivity contribution in [3.63, 3.8) is 0 Å². The van der Waals surface area contributed by atoms with E-state index < -0.39 is 0 Å². The molecule has 0 bridgehead atoms. The first-order valence-electron chi connectivity index (χ1n) is 7.23.